The van der Waals surface area contributed by atoms with Gasteiger partial charge in [-0.3, -0.25) is 0 Å². The van der Waals surface area contributed by atoms with Crippen LogP contribution in [-0.2, 0) is 10.0 Å². The van der Waals surface area contributed by atoms with Gasteiger partial charge in [0, 0.05) is 6.04 Å². The summed E-state index contributed by atoms with van der Waals surface area (Å²) in [5.41, 5.74) is 0. The van der Waals surface area contributed by atoms with Crippen LogP contribution in [0.2, 0.25) is 0 Å². The van der Waals surface area contributed by atoms with Gasteiger partial charge in [-0.2, -0.15) is 5.26 Å². The number of nitrogens with one attached hydrogen (secondary N) is 1. The van der Waals surface area contributed by atoms with Crippen LogP contribution in [0.1, 0.15) is 32.6 Å². The predicted molar refractivity (Wildman–Crippen MR) is 49.4 cm³/mol. The van der Waals surface area contributed by atoms with Crippen LogP contribution in [0.15, 0.2) is 0 Å². The van der Waals surface area contributed by atoms with E-state index in [-0.39, 0.29) is 6.04 Å². The quantitative estimate of drug-likeness (QED) is 0.731. The fourth-order valence-corrected chi connectivity index (χ4v) is 2.66. The summed E-state index contributed by atoms with van der Waals surface area (Å²) >= 11 is 0. The lowest BCUT2D eigenvalue weighted by molar-refractivity contribution is 0.382. The number of nitriles is 1. The van der Waals surface area contributed by atoms with Gasteiger partial charge in [0.15, 0.2) is 5.25 Å². The molecule has 74 valence electrons. The lowest BCUT2D eigenvalue weighted by Crippen LogP contribution is -2.43. The molecule has 13 heavy (non-hydrogen) atoms. The second-order valence-electron chi connectivity index (χ2n) is 3.32. The van der Waals surface area contributed by atoms with Crippen LogP contribution in [-0.4, -0.2) is 19.7 Å². The molecule has 1 atom stereocenters. The van der Waals surface area contributed by atoms with Crippen LogP contribution < -0.4 is 4.72 Å². The molecular formula is C8H14N2O2S. The first-order valence-corrected chi connectivity index (χ1v) is 6.05. The normalized spacial score (nSPS) is 20.3. The lowest BCUT2D eigenvalue weighted by atomic mass is 9.94. The first-order chi connectivity index (χ1) is 6.10. The monoisotopic (exact) mass is 202 g/mol. The van der Waals surface area contributed by atoms with E-state index < -0.39 is 15.3 Å². The van der Waals surface area contributed by atoms with Crippen LogP contribution in [0, 0.1) is 11.3 Å². The Morgan fingerprint density at radius 2 is 2.23 bits per heavy atom. The topological polar surface area (TPSA) is 70.0 Å². The Bertz CT molecular complexity index is 301. The second kappa shape index (κ2) is 4.07. The molecule has 1 rings (SSSR count). The van der Waals surface area contributed by atoms with Crippen molar-refractivity contribution in [2.75, 3.05) is 0 Å². The number of hydrogen-bond donors (Lipinski definition) is 1. The van der Waals surface area contributed by atoms with E-state index in [0.717, 1.165) is 19.3 Å². The van der Waals surface area contributed by atoms with Gasteiger partial charge in [0.25, 0.3) is 0 Å². The Balaban J connectivity index is 2.59. The highest BCUT2D eigenvalue weighted by Gasteiger charge is 2.29. The SMILES string of the molecule is CCC(C#N)S(=O)(=O)NC1CCC1. The van der Waals surface area contributed by atoms with Crippen LogP contribution >= 0.6 is 0 Å². The van der Waals surface area contributed by atoms with Gasteiger partial charge in [-0.05, 0) is 19.3 Å². The molecule has 4 nitrogen and oxygen atoms in total. The maximum absolute atomic E-state index is 11.5. The number of sulfonamides is 1. The molecule has 0 heterocycles. The lowest BCUT2D eigenvalue weighted by Gasteiger charge is -2.26. The molecule has 5 heteroatoms. The summed E-state index contributed by atoms with van der Waals surface area (Å²) in [4.78, 5) is 0. The Morgan fingerprint density at radius 1 is 1.62 bits per heavy atom. The molecule has 1 unspecified atom stereocenters. The second-order valence-corrected chi connectivity index (χ2v) is 5.21. The number of hydrogen-bond acceptors (Lipinski definition) is 3. The van der Waals surface area contributed by atoms with Gasteiger partial charge in [-0.25, -0.2) is 13.1 Å². The van der Waals surface area contributed by atoms with Crippen LogP contribution in [0.4, 0.5) is 0 Å². The van der Waals surface area contributed by atoms with Crippen molar-refractivity contribution in [2.24, 2.45) is 0 Å². The minimum atomic E-state index is -3.39. The van der Waals surface area contributed by atoms with Gasteiger partial charge >= 0.3 is 0 Å². The average molecular weight is 202 g/mol. The molecule has 1 saturated carbocycles. The standard InChI is InChI=1S/C8H14N2O2S/c1-2-8(6-9)13(11,12)10-7-4-3-5-7/h7-8,10H,2-5H2,1H3. The van der Waals surface area contributed by atoms with Crippen molar-refractivity contribution in [1.82, 2.24) is 4.72 Å². The Kier molecular flexibility index (Phi) is 3.28. The molecule has 1 aliphatic carbocycles. The van der Waals surface area contributed by atoms with Gasteiger partial charge in [0.05, 0.1) is 6.07 Å². The highest BCUT2D eigenvalue weighted by atomic mass is 32.2. The third-order valence-corrected chi connectivity index (χ3v) is 4.18. The summed E-state index contributed by atoms with van der Waals surface area (Å²) < 4.78 is 25.5. The number of nitrogens with zero attached hydrogens (tertiary/aromatic N) is 1. The molecule has 0 amide bonds. The van der Waals surface area contributed by atoms with Gasteiger partial charge < -0.3 is 0 Å². The fourth-order valence-electron chi connectivity index (χ4n) is 1.22. The first-order valence-electron chi connectivity index (χ1n) is 4.51. The summed E-state index contributed by atoms with van der Waals surface area (Å²) in [6.07, 6.45) is 3.23. The molecule has 0 radical (unpaired) electrons. The third-order valence-electron chi connectivity index (χ3n) is 2.33. The van der Waals surface area contributed by atoms with Crippen molar-refractivity contribution in [3.05, 3.63) is 0 Å². The summed E-state index contributed by atoms with van der Waals surface area (Å²) in [7, 11) is -3.39. The minimum Gasteiger partial charge on any atom is -0.211 e. The Morgan fingerprint density at radius 3 is 2.54 bits per heavy atom. The van der Waals surface area contributed by atoms with Gasteiger partial charge in [0.1, 0.15) is 0 Å². The molecule has 0 aromatic rings. The van der Waals surface area contributed by atoms with E-state index in [0.29, 0.717) is 6.42 Å². The van der Waals surface area contributed by atoms with E-state index in [1.807, 2.05) is 0 Å². The summed E-state index contributed by atoms with van der Waals surface area (Å²) in [5, 5.41) is 7.70. The maximum atomic E-state index is 11.5. The van der Waals surface area contributed by atoms with Gasteiger partial charge in [-0.1, -0.05) is 13.3 Å². The Labute approximate surface area is 79.0 Å². The molecule has 1 aliphatic rings. The number of rotatable bonds is 4. The molecular weight excluding hydrogens is 188 g/mol. The summed E-state index contributed by atoms with van der Waals surface area (Å²) in [6.45, 7) is 1.70. The highest BCUT2D eigenvalue weighted by molar-refractivity contribution is 7.90. The van der Waals surface area contributed by atoms with E-state index in [2.05, 4.69) is 4.72 Å². The summed E-state index contributed by atoms with van der Waals surface area (Å²) in [6, 6.07) is 1.87. The average Bonchev–Trinajstić information content (AvgIpc) is 1.99. The van der Waals surface area contributed by atoms with Crippen molar-refractivity contribution >= 4 is 10.0 Å². The zero-order chi connectivity index (χ0) is 9.90. The van der Waals surface area contributed by atoms with Gasteiger partial charge in [-0.15, -0.1) is 0 Å². The van der Waals surface area contributed by atoms with E-state index in [4.69, 9.17) is 5.26 Å². The molecule has 0 aromatic heterocycles. The molecule has 0 spiro atoms. The van der Waals surface area contributed by atoms with Crippen molar-refractivity contribution in [2.45, 2.75) is 43.9 Å². The third kappa shape index (κ3) is 2.42. The van der Waals surface area contributed by atoms with E-state index in [1.54, 1.807) is 13.0 Å². The van der Waals surface area contributed by atoms with Gasteiger partial charge in [0.2, 0.25) is 10.0 Å². The molecule has 1 fully saturated rings. The molecule has 1 N–H and O–H groups in total. The zero-order valence-corrected chi connectivity index (χ0v) is 8.47. The first kappa shape index (κ1) is 10.5. The van der Waals surface area contributed by atoms with Crippen molar-refractivity contribution < 1.29 is 8.42 Å². The fraction of sp³-hybridized carbons (Fsp3) is 0.875. The molecule has 0 saturated heterocycles. The Hall–Kier alpha value is -0.600. The zero-order valence-electron chi connectivity index (χ0n) is 7.66. The predicted octanol–water partition coefficient (Wildman–Crippen LogP) is 0.760. The van der Waals surface area contributed by atoms with Crippen LogP contribution in [0.3, 0.4) is 0 Å². The van der Waals surface area contributed by atoms with E-state index >= 15 is 0 Å². The molecule has 0 aliphatic heterocycles. The van der Waals surface area contributed by atoms with Crippen LogP contribution in [0.5, 0.6) is 0 Å². The van der Waals surface area contributed by atoms with E-state index in [1.165, 1.54) is 0 Å². The van der Waals surface area contributed by atoms with Crippen LogP contribution in [0.25, 0.3) is 0 Å². The molecule has 0 bridgehead atoms. The van der Waals surface area contributed by atoms with Crippen molar-refractivity contribution in [3.8, 4) is 6.07 Å². The minimum absolute atomic E-state index is 0.0763. The largest absolute Gasteiger partial charge is 0.228 e. The summed E-state index contributed by atoms with van der Waals surface area (Å²) in [5.74, 6) is 0. The molecule has 0 aromatic carbocycles. The van der Waals surface area contributed by atoms with Crippen molar-refractivity contribution in [1.29, 1.82) is 5.26 Å². The van der Waals surface area contributed by atoms with Crippen molar-refractivity contribution in [3.63, 3.8) is 0 Å². The maximum Gasteiger partial charge on any atom is 0.228 e. The highest BCUT2D eigenvalue weighted by Crippen LogP contribution is 2.20. The smallest absolute Gasteiger partial charge is 0.211 e. The van der Waals surface area contributed by atoms with E-state index in [9.17, 15) is 8.42 Å².